The van der Waals surface area contributed by atoms with Gasteiger partial charge < -0.3 is 9.47 Å². The van der Waals surface area contributed by atoms with Gasteiger partial charge in [-0.05, 0) is 71.0 Å². The molecule has 0 fully saturated rings. The largest absolute Gasteiger partial charge is 0.487 e. The van der Waals surface area contributed by atoms with E-state index in [0.717, 1.165) is 21.5 Å². The minimum absolute atomic E-state index is 0.0620. The van der Waals surface area contributed by atoms with Gasteiger partial charge in [0.25, 0.3) is 5.56 Å². The highest BCUT2D eigenvalue weighted by atomic mass is 127. The first-order valence-electron chi connectivity index (χ1n) is 12.7. The Hall–Kier alpha value is -3.13. The zero-order valence-corrected chi connectivity index (χ0v) is 26.6. The number of fused-ring (bicyclic) bond motifs is 1. The molecule has 0 spiro atoms. The second-order valence-corrected chi connectivity index (χ2v) is 12.2. The molecule has 6 nitrogen and oxygen atoms in total. The summed E-state index contributed by atoms with van der Waals surface area (Å²) in [7, 11) is 0. The molecule has 2 heterocycles. The quantitative estimate of drug-likeness (QED) is 0.153. The molecule has 0 saturated heterocycles. The molecule has 0 amide bonds. The number of benzene rings is 3. The van der Waals surface area contributed by atoms with E-state index in [0.29, 0.717) is 24.9 Å². The summed E-state index contributed by atoms with van der Waals surface area (Å²) < 4.78 is 56.0. The van der Waals surface area contributed by atoms with E-state index in [9.17, 15) is 22.8 Å². The molecule has 0 bridgehead atoms. The summed E-state index contributed by atoms with van der Waals surface area (Å²) >= 11 is 15.2. The average Bonchev–Trinajstić information content (AvgIpc) is 3.26. The van der Waals surface area contributed by atoms with E-state index in [1.54, 1.807) is 12.1 Å². The Morgan fingerprint density at radius 1 is 1.09 bits per heavy atom. The maximum absolute atomic E-state index is 14.4. The molecule has 0 aliphatic carbocycles. The van der Waals surface area contributed by atoms with Crippen molar-refractivity contribution in [1.82, 2.24) is 4.57 Å². The Morgan fingerprint density at radius 2 is 1.79 bits per heavy atom. The number of carbonyl (C=O) groups is 1. The molecular formula is C30H20Cl2F3IN2O4S. The van der Waals surface area contributed by atoms with Crippen LogP contribution in [0, 0.1) is 3.57 Å². The molecule has 3 aromatic carbocycles. The number of ether oxygens (including phenoxy) is 2. The number of esters is 1. The molecule has 1 aromatic heterocycles. The first-order valence-corrected chi connectivity index (χ1v) is 15.3. The van der Waals surface area contributed by atoms with Gasteiger partial charge in [0.1, 0.15) is 12.4 Å². The molecule has 4 aromatic rings. The van der Waals surface area contributed by atoms with E-state index in [1.807, 2.05) is 30.3 Å². The average molecular weight is 759 g/mol. The lowest BCUT2D eigenvalue weighted by atomic mass is 9.95. The van der Waals surface area contributed by atoms with Gasteiger partial charge in [0, 0.05) is 15.6 Å². The lowest BCUT2D eigenvalue weighted by molar-refractivity contribution is -0.140. The number of aromatic nitrogens is 1. The third-order valence-corrected chi connectivity index (χ3v) is 8.58. The highest BCUT2D eigenvalue weighted by molar-refractivity contribution is 14.1. The zero-order chi connectivity index (χ0) is 30.9. The number of nitrogens with zero attached hydrogens (tertiary/aromatic N) is 2. The lowest BCUT2D eigenvalue weighted by Crippen LogP contribution is -2.41. The van der Waals surface area contributed by atoms with Crippen LogP contribution in [-0.2, 0) is 16.1 Å². The van der Waals surface area contributed by atoms with Gasteiger partial charge in [-0.15, -0.1) is 0 Å². The summed E-state index contributed by atoms with van der Waals surface area (Å²) in [6, 6.07) is 17.1. The maximum atomic E-state index is 14.4. The number of thiazole rings is 1. The summed E-state index contributed by atoms with van der Waals surface area (Å²) in [6.07, 6.45) is -3.51. The van der Waals surface area contributed by atoms with E-state index in [1.165, 1.54) is 37.3 Å². The van der Waals surface area contributed by atoms with Crippen LogP contribution in [0.5, 0.6) is 5.75 Å². The van der Waals surface area contributed by atoms with Crippen LogP contribution < -0.4 is 19.6 Å². The molecule has 0 unspecified atom stereocenters. The molecule has 13 heteroatoms. The molecule has 0 radical (unpaired) electrons. The molecule has 222 valence electrons. The van der Waals surface area contributed by atoms with Gasteiger partial charge in [-0.1, -0.05) is 77.0 Å². The number of rotatable bonds is 7. The van der Waals surface area contributed by atoms with Gasteiger partial charge in [-0.25, -0.2) is 9.79 Å². The zero-order valence-electron chi connectivity index (χ0n) is 22.1. The summed E-state index contributed by atoms with van der Waals surface area (Å²) in [5, 5.41) is 0.700. The van der Waals surface area contributed by atoms with Crippen molar-refractivity contribution in [1.29, 1.82) is 0 Å². The minimum Gasteiger partial charge on any atom is -0.487 e. The third-order valence-electron chi connectivity index (χ3n) is 6.33. The minimum atomic E-state index is -5.01. The third kappa shape index (κ3) is 6.69. The van der Waals surface area contributed by atoms with Crippen molar-refractivity contribution in [3.8, 4) is 5.75 Å². The van der Waals surface area contributed by atoms with E-state index < -0.39 is 35.0 Å². The predicted octanol–water partition coefficient (Wildman–Crippen LogP) is 6.83. The van der Waals surface area contributed by atoms with Gasteiger partial charge in [-0.3, -0.25) is 9.36 Å². The van der Waals surface area contributed by atoms with Crippen molar-refractivity contribution in [3.63, 3.8) is 0 Å². The number of hydrogen-bond acceptors (Lipinski definition) is 6. The first-order chi connectivity index (χ1) is 20.5. The number of alkyl halides is 3. The fourth-order valence-corrected chi connectivity index (χ4v) is 6.84. The molecular weight excluding hydrogens is 739 g/mol. The number of halogens is 6. The van der Waals surface area contributed by atoms with Crippen molar-refractivity contribution in [2.45, 2.75) is 25.7 Å². The number of allylic oxidation sites excluding steroid dienone is 1. The van der Waals surface area contributed by atoms with Gasteiger partial charge >= 0.3 is 12.1 Å². The molecule has 0 N–H and O–H groups in total. The van der Waals surface area contributed by atoms with Gasteiger partial charge in [0.15, 0.2) is 10.5 Å². The Bertz CT molecular complexity index is 1910. The van der Waals surface area contributed by atoms with Crippen molar-refractivity contribution >= 4 is 69.2 Å². The van der Waals surface area contributed by atoms with Crippen LogP contribution >= 0.6 is 57.1 Å². The lowest BCUT2D eigenvalue weighted by Gasteiger charge is -2.26. The van der Waals surface area contributed by atoms with Crippen LogP contribution in [-0.4, -0.2) is 23.3 Å². The summed E-state index contributed by atoms with van der Waals surface area (Å²) in [5.41, 5.74) is -1.30. The van der Waals surface area contributed by atoms with Crippen LogP contribution in [0.15, 0.2) is 87.8 Å². The van der Waals surface area contributed by atoms with E-state index >= 15 is 0 Å². The summed E-state index contributed by atoms with van der Waals surface area (Å²) in [6.45, 7) is 1.53. The van der Waals surface area contributed by atoms with Crippen LogP contribution in [0.2, 0.25) is 10.0 Å². The van der Waals surface area contributed by atoms with Gasteiger partial charge in [0.05, 0.1) is 26.3 Å². The number of hydrogen-bond donors (Lipinski definition) is 0. The molecule has 5 rings (SSSR count). The van der Waals surface area contributed by atoms with Gasteiger partial charge in [-0.2, -0.15) is 13.2 Å². The predicted molar refractivity (Wildman–Crippen MR) is 167 cm³/mol. The summed E-state index contributed by atoms with van der Waals surface area (Å²) in [4.78, 5) is 30.5. The van der Waals surface area contributed by atoms with Crippen molar-refractivity contribution in [2.75, 3.05) is 6.61 Å². The smallest absolute Gasteiger partial charge is 0.434 e. The van der Waals surface area contributed by atoms with E-state index in [2.05, 4.69) is 27.6 Å². The standard InChI is InChI=1S/C30H20Cl2F3IN2O4S/c1-2-41-28(40)23-24(17-8-10-19(31)11-9-17)38-27(39)22(43-29(38)37-26(23)30(33,34)35)13-18-12-20(32)14-21(36)25(18)42-15-16-6-4-3-5-7-16/h3-14,24H,2,15H2,1H3/b22-13-/t24-/m1/s1. The van der Waals surface area contributed by atoms with Crippen LogP contribution in [0.1, 0.15) is 29.7 Å². The van der Waals surface area contributed by atoms with E-state index in [-0.39, 0.29) is 28.1 Å². The molecule has 1 atom stereocenters. The first kappa shape index (κ1) is 31.3. The Morgan fingerprint density at radius 3 is 2.44 bits per heavy atom. The molecule has 0 saturated carbocycles. The fourth-order valence-electron chi connectivity index (χ4n) is 4.51. The maximum Gasteiger partial charge on any atom is 0.434 e. The fraction of sp³-hybridized carbons (Fsp3) is 0.167. The van der Waals surface area contributed by atoms with Crippen molar-refractivity contribution in [2.24, 2.45) is 4.99 Å². The van der Waals surface area contributed by atoms with Crippen molar-refractivity contribution < 1.29 is 27.4 Å². The Labute approximate surface area is 270 Å². The Balaban J connectivity index is 1.72. The SMILES string of the molecule is CCOC(=O)C1=C(C(F)(F)F)N=c2s/c(=C\c3cc(Cl)cc(I)c3OCc3ccccc3)c(=O)n2[C@@H]1c1ccc(Cl)cc1. The highest BCUT2D eigenvalue weighted by Crippen LogP contribution is 2.38. The molecule has 1 aliphatic rings. The number of carbonyl (C=O) groups excluding carboxylic acids is 1. The van der Waals surface area contributed by atoms with Crippen LogP contribution in [0.4, 0.5) is 13.2 Å². The topological polar surface area (TPSA) is 69.9 Å². The highest BCUT2D eigenvalue weighted by Gasteiger charge is 2.45. The van der Waals surface area contributed by atoms with Crippen LogP contribution in [0.3, 0.4) is 0 Å². The Kier molecular flexibility index (Phi) is 9.35. The van der Waals surface area contributed by atoms with Gasteiger partial charge in [0.2, 0.25) is 0 Å². The monoisotopic (exact) mass is 758 g/mol. The normalized spacial score (nSPS) is 15.2. The second kappa shape index (κ2) is 12.8. The molecule has 43 heavy (non-hydrogen) atoms. The van der Waals surface area contributed by atoms with Crippen LogP contribution in [0.25, 0.3) is 6.08 Å². The second-order valence-electron chi connectivity index (χ2n) is 9.20. The van der Waals surface area contributed by atoms with Crippen molar-refractivity contribution in [3.05, 3.63) is 128 Å². The van der Waals surface area contributed by atoms with E-state index in [4.69, 9.17) is 32.7 Å². The molecule has 1 aliphatic heterocycles. The summed E-state index contributed by atoms with van der Waals surface area (Å²) in [5.74, 6) is -0.786.